The molecule has 0 radical (unpaired) electrons. The summed E-state index contributed by atoms with van der Waals surface area (Å²) in [5.74, 6) is -0.259. The van der Waals surface area contributed by atoms with E-state index in [0.29, 0.717) is 38.9 Å². The Bertz CT molecular complexity index is 810. The molecule has 7 heteroatoms. The molecular weight excluding hydrogens is 394 g/mol. The van der Waals surface area contributed by atoms with Crippen molar-refractivity contribution in [3.8, 4) is 0 Å². The number of esters is 1. The average Bonchev–Trinajstić information content (AvgIpc) is 2.82. The zero-order chi connectivity index (χ0) is 22.3. The van der Waals surface area contributed by atoms with Crippen LogP contribution in [0.5, 0.6) is 0 Å². The summed E-state index contributed by atoms with van der Waals surface area (Å²) in [6.45, 7) is 2.74. The lowest BCUT2D eigenvalue weighted by molar-refractivity contribution is -0.141. The maximum Gasteiger partial charge on any atom is 0.305 e. The van der Waals surface area contributed by atoms with Gasteiger partial charge in [0, 0.05) is 11.3 Å². The molecule has 0 unspecified atom stereocenters. The normalized spacial score (nSPS) is 13.6. The molecule has 2 rings (SSSR count). The highest BCUT2D eigenvalue weighted by Crippen LogP contribution is 2.23. The molecule has 0 N–H and O–H groups in total. The Balaban J connectivity index is 2.17. The van der Waals surface area contributed by atoms with Gasteiger partial charge in [0.25, 0.3) is 0 Å². The first-order valence-corrected chi connectivity index (χ1v) is 10.6. The van der Waals surface area contributed by atoms with Gasteiger partial charge in [0.05, 0.1) is 38.6 Å². The highest BCUT2D eigenvalue weighted by Gasteiger charge is 2.30. The number of nitrogens with zero attached hydrogens (tertiary/aromatic N) is 3. The van der Waals surface area contributed by atoms with Gasteiger partial charge < -0.3 is 14.2 Å². The molecule has 0 aliphatic heterocycles. The first-order chi connectivity index (χ1) is 15.2. The Labute approximate surface area is 184 Å². The summed E-state index contributed by atoms with van der Waals surface area (Å²) < 4.78 is 17.3. The summed E-state index contributed by atoms with van der Waals surface area (Å²) in [5, 5.41) is 3.97. The summed E-state index contributed by atoms with van der Waals surface area (Å²) >= 11 is 0. The highest BCUT2D eigenvalue weighted by atomic mass is 16.5. The number of methoxy groups -OCH3 is 1. The highest BCUT2D eigenvalue weighted by molar-refractivity contribution is 5.68. The Kier molecular flexibility index (Phi) is 11.2. The molecule has 0 aromatic heterocycles. The number of benzene rings is 2. The minimum atomic E-state index is -0.442. The maximum absolute atomic E-state index is 11.6. The van der Waals surface area contributed by atoms with E-state index in [9.17, 15) is 4.79 Å². The van der Waals surface area contributed by atoms with Gasteiger partial charge >= 0.3 is 5.97 Å². The van der Waals surface area contributed by atoms with Crippen LogP contribution in [0.2, 0.25) is 0 Å². The van der Waals surface area contributed by atoms with Crippen LogP contribution in [0.4, 0.5) is 0 Å². The minimum Gasteiger partial charge on any atom is -0.469 e. The molecule has 0 heterocycles. The molecule has 31 heavy (non-hydrogen) atoms. The van der Waals surface area contributed by atoms with E-state index in [1.165, 1.54) is 7.11 Å². The molecule has 0 bridgehead atoms. The van der Waals surface area contributed by atoms with Gasteiger partial charge in [-0.15, -0.1) is 0 Å². The molecule has 3 atom stereocenters. The van der Waals surface area contributed by atoms with E-state index >= 15 is 0 Å². The van der Waals surface area contributed by atoms with Crippen LogP contribution in [0.25, 0.3) is 10.4 Å². The van der Waals surface area contributed by atoms with Crippen LogP contribution in [0, 0.1) is 0 Å². The van der Waals surface area contributed by atoms with E-state index < -0.39 is 6.10 Å². The monoisotopic (exact) mass is 425 g/mol. The molecule has 0 aliphatic rings. The van der Waals surface area contributed by atoms with E-state index in [-0.39, 0.29) is 18.1 Å². The zero-order valence-electron chi connectivity index (χ0n) is 18.2. The van der Waals surface area contributed by atoms with Gasteiger partial charge in [0.1, 0.15) is 0 Å². The average molecular weight is 426 g/mol. The van der Waals surface area contributed by atoms with Crippen molar-refractivity contribution in [3.63, 3.8) is 0 Å². The van der Waals surface area contributed by atoms with Crippen LogP contribution in [0.15, 0.2) is 65.8 Å². The van der Waals surface area contributed by atoms with Crippen molar-refractivity contribution in [3.05, 3.63) is 82.2 Å². The van der Waals surface area contributed by atoms with Gasteiger partial charge in [-0.25, -0.2) is 0 Å². The summed E-state index contributed by atoms with van der Waals surface area (Å²) in [5.41, 5.74) is 11.1. The van der Waals surface area contributed by atoms with Crippen molar-refractivity contribution in [1.29, 1.82) is 0 Å². The maximum atomic E-state index is 11.6. The number of azide groups is 1. The second-order valence-electron chi connectivity index (χ2n) is 7.25. The van der Waals surface area contributed by atoms with E-state index in [0.717, 1.165) is 11.1 Å². The lowest BCUT2D eigenvalue weighted by Gasteiger charge is -2.31. The van der Waals surface area contributed by atoms with Crippen LogP contribution < -0.4 is 0 Å². The lowest BCUT2D eigenvalue weighted by Crippen LogP contribution is -2.40. The van der Waals surface area contributed by atoms with Crippen LogP contribution in [-0.2, 0) is 32.2 Å². The van der Waals surface area contributed by atoms with Crippen molar-refractivity contribution in [2.24, 2.45) is 5.11 Å². The molecular formula is C24H31N3O4. The summed E-state index contributed by atoms with van der Waals surface area (Å²) in [7, 11) is 1.38. The van der Waals surface area contributed by atoms with Gasteiger partial charge in [-0.05, 0) is 35.9 Å². The number of hydrogen-bond donors (Lipinski definition) is 0. The Morgan fingerprint density at radius 2 is 1.58 bits per heavy atom. The van der Waals surface area contributed by atoms with Crippen molar-refractivity contribution >= 4 is 5.97 Å². The molecule has 0 spiro atoms. The Hall–Kier alpha value is -2.86. The number of carbonyl (C=O) groups is 1. The molecule has 0 saturated carbocycles. The van der Waals surface area contributed by atoms with Crippen LogP contribution in [0.3, 0.4) is 0 Å². The van der Waals surface area contributed by atoms with Gasteiger partial charge in [0.2, 0.25) is 0 Å². The quantitative estimate of drug-likeness (QED) is 0.171. The second-order valence-corrected chi connectivity index (χ2v) is 7.25. The number of hydrogen-bond acceptors (Lipinski definition) is 5. The summed E-state index contributed by atoms with van der Waals surface area (Å²) in [6.07, 6.45) is 1.30. The van der Waals surface area contributed by atoms with Crippen LogP contribution >= 0.6 is 0 Å². The van der Waals surface area contributed by atoms with E-state index in [4.69, 9.17) is 19.7 Å². The first-order valence-electron chi connectivity index (χ1n) is 10.6. The smallest absolute Gasteiger partial charge is 0.305 e. The van der Waals surface area contributed by atoms with Gasteiger partial charge in [-0.1, -0.05) is 72.7 Å². The molecule has 2 aromatic carbocycles. The van der Waals surface area contributed by atoms with Crippen molar-refractivity contribution < 1.29 is 19.0 Å². The topological polar surface area (TPSA) is 93.5 Å². The number of rotatable bonds is 14. The fraction of sp³-hybridized carbons (Fsp3) is 0.458. The lowest BCUT2D eigenvalue weighted by atomic mass is 9.98. The SMILES string of the molecule is CC[C@H](N=[N+]=[N-])[C@H](OCc1ccccc1)[C@@H](CCCC(=O)OC)OCc1ccccc1. The Morgan fingerprint density at radius 3 is 2.10 bits per heavy atom. The van der Waals surface area contributed by atoms with Gasteiger partial charge in [-0.3, -0.25) is 4.79 Å². The number of ether oxygens (including phenoxy) is 3. The molecule has 0 fully saturated rings. The van der Waals surface area contributed by atoms with E-state index in [2.05, 4.69) is 10.0 Å². The van der Waals surface area contributed by atoms with Crippen molar-refractivity contribution in [2.45, 2.75) is 64.1 Å². The van der Waals surface area contributed by atoms with Crippen LogP contribution in [0.1, 0.15) is 43.7 Å². The number of carbonyl (C=O) groups excluding carboxylic acids is 1. The minimum absolute atomic E-state index is 0.259. The first kappa shape index (κ1) is 24.4. The summed E-state index contributed by atoms with van der Waals surface area (Å²) in [4.78, 5) is 14.6. The molecule has 0 amide bonds. The fourth-order valence-corrected chi connectivity index (χ4v) is 3.35. The third kappa shape index (κ3) is 8.80. The van der Waals surface area contributed by atoms with Crippen LogP contribution in [-0.4, -0.2) is 31.3 Å². The third-order valence-electron chi connectivity index (χ3n) is 5.05. The molecule has 2 aromatic rings. The predicted molar refractivity (Wildman–Crippen MR) is 119 cm³/mol. The molecule has 0 aliphatic carbocycles. The predicted octanol–water partition coefficient (Wildman–Crippen LogP) is 5.59. The van der Waals surface area contributed by atoms with E-state index in [1.54, 1.807) is 0 Å². The Morgan fingerprint density at radius 1 is 1.00 bits per heavy atom. The molecule has 7 nitrogen and oxygen atoms in total. The third-order valence-corrected chi connectivity index (χ3v) is 5.05. The summed E-state index contributed by atoms with van der Waals surface area (Å²) in [6, 6.07) is 19.3. The second kappa shape index (κ2) is 14.2. The van der Waals surface area contributed by atoms with Gasteiger partial charge in [0.15, 0.2) is 0 Å². The van der Waals surface area contributed by atoms with Gasteiger partial charge in [-0.2, -0.15) is 0 Å². The standard InChI is InChI=1S/C24H31N3O4/c1-3-21(26-27-25)24(31-18-20-13-8-5-9-14-20)22(15-10-16-23(28)29-2)30-17-19-11-6-4-7-12-19/h4-9,11-14,21-22,24H,3,10,15-18H2,1-2H3/t21-,22+,24-/m0/s1. The van der Waals surface area contributed by atoms with E-state index in [1.807, 2.05) is 67.6 Å². The zero-order valence-corrected chi connectivity index (χ0v) is 18.2. The molecule has 0 saturated heterocycles. The van der Waals surface area contributed by atoms with Crippen molar-refractivity contribution in [2.75, 3.05) is 7.11 Å². The van der Waals surface area contributed by atoms with Crippen molar-refractivity contribution in [1.82, 2.24) is 0 Å². The molecule has 166 valence electrons. The largest absolute Gasteiger partial charge is 0.469 e. The fourth-order valence-electron chi connectivity index (χ4n) is 3.35.